The average molecular weight is 517 g/mol. The van der Waals surface area contributed by atoms with Gasteiger partial charge in [-0.3, -0.25) is 4.79 Å². The number of aryl methyl sites for hydroxylation is 1. The van der Waals surface area contributed by atoms with Crippen LogP contribution in [0.4, 0.5) is 4.39 Å². The molecule has 3 N–H and O–H groups in total. The zero-order chi connectivity index (χ0) is 28.9. The summed E-state index contributed by atoms with van der Waals surface area (Å²) in [6.07, 6.45) is 6.50. The lowest BCUT2D eigenvalue weighted by Crippen LogP contribution is -2.27. The zero-order valence-corrected chi connectivity index (χ0v) is 25.2. The van der Waals surface area contributed by atoms with Gasteiger partial charge < -0.3 is 15.4 Å². The lowest BCUT2D eigenvalue weighted by molar-refractivity contribution is 0.184. The molecule has 0 radical (unpaired) electrons. The van der Waals surface area contributed by atoms with Crippen LogP contribution in [0.5, 0.6) is 0 Å². The summed E-state index contributed by atoms with van der Waals surface area (Å²) < 4.78 is 16.8. The second-order valence-electron chi connectivity index (χ2n) is 9.72. The van der Waals surface area contributed by atoms with Gasteiger partial charge in [0.25, 0.3) is 5.56 Å². The number of allylic oxidation sites excluding steroid dienone is 6. The fraction of sp³-hybridized carbons (Fsp3) is 0.594. The molecule has 1 aromatic heterocycles. The number of rotatable bonds is 5. The molecule has 0 aromatic carbocycles. The number of aromatic nitrogens is 1. The van der Waals surface area contributed by atoms with Gasteiger partial charge in [-0.05, 0) is 74.0 Å². The largest absolute Gasteiger partial charge is 0.393 e. The highest BCUT2D eigenvalue weighted by molar-refractivity contribution is 5.80. The maximum absolute atomic E-state index is 15.1. The molecule has 2 aliphatic rings. The second kappa shape index (κ2) is 17.3. The Morgan fingerprint density at radius 3 is 2.22 bits per heavy atom. The van der Waals surface area contributed by atoms with Crippen molar-refractivity contribution in [2.24, 2.45) is 17.6 Å². The number of nitrogens with two attached hydrogens (primary N) is 1. The fourth-order valence-electron chi connectivity index (χ4n) is 4.62. The molecule has 1 aromatic rings. The third kappa shape index (κ3) is 8.65. The normalized spacial score (nSPS) is 22.2. The summed E-state index contributed by atoms with van der Waals surface area (Å²) >= 11 is 0. The van der Waals surface area contributed by atoms with Gasteiger partial charge in [0.15, 0.2) is 0 Å². The first-order valence-electron chi connectivity index (χ1n) is 14.1. The second-order valence-corrected chi connectivity index (χ2v) is 9.72. The van der Waals surface area contributed by atoms with Crippen molar-refractivity contribution < 1.29 is 9.50 Å². The Bertz CT molecular complexity index is 1030. The van der Waals surface area contributed by atoms with Crippen molar-refractivity contribution in [1.29, 1.82) is 0 Å². The van der Waals surface area contributed by atoms with Crippen LogP contribution >= 0.6 is 0 Å². The van der Waals surface area contributed by atoms with Gasteiger partial charge in [-0.25, -0.2) is 4.39 Å². The Hall–Kier alpha value is -2.24. The summed E-state index contributed by atoms with van der Waals surface area (Å²) in [6.45, 7) is 24.7. The van der Waals surface area contributed by atoms with Gasteiger partial charge >= 0.3 is 0 Å². The van der Waals surface area contributed by atoms with Crippen molar-refractivity contribution in [2.75, 3.05) is 6.54 Å². The number of fused-ring (bicyclic) bond motifs is 2. The Labute approximate surface area is 225 Å². The van der Waals surface area contributed by atoms with Gasteiger partial charge in [0.05, 0.1) is 11.8 Å². The van der Waals surface area contributed by atoms with Gasteiger partial charge in [-0.2, -0.15) is 0 Å². The summed E-state index contributed by atoms with van der Waals surface area (Å²) in [5.74, 6) is -0.334. The number of hydrogen-bond acceptors (Lipinski definition) is 3. The maximum atomic E-state index is 15.1. The third-order valence-corrected chi connectivity index (χ3v) is 6.46. The first kappa shape index (κ1) is 34.8. The minimum atomic E-state index is -0.459. The van der Waals surface area contributed by atoms with Crippen molar-refractivity contribution >= 4 is 5.57 Å². The van der Waals surface area contributed by atoms with Gasteiger partial charge in [0.2, 0.25) is 0 Å². The van der Waals surface area contributed by atoms with E-state index in [0.29, 0.717) is 25.0 Å². The minimum Gasteiger partial charge on any atom is -0.393 e. The molecule has 3 atom stereocenters. The monoisotopic (exact) mass is 516 g/mol. The number of nitrogens with zero attached hydrogens (tertiary/aromatic N) is 1. The van der Waals surface area contributed by atoms with E-state index in [-0.39, 0.29) is 29.8 Å². The number of pyridine rings is 1. The number of halogens is 1. The smallest absolute Gasteiger partial charge is 0.254 e. The van der Waals surface area contributed by atoms with Gasteiger partial charge in [0, 0.05) is 30.1 Å². The van der Waals surface area contributed by atoms with Crippen molar-refractivity contribution in [1.82, 2.24) is 4.57 Å². The van der Waals surface area contributed by atoms with Crippen LogP contribution < -0.4 is 11.3 Å². The van der Waals surface area contributed by atoms with E-state index >= 15 is 4.39 Å². The van der Waals surface area contributed by atoms with Crippen LogP contribution in [-0.2, 0) is 13.0 Å². The topological polar surface area (TPSA) is 68.2 Å². The summed E-state index contributed by atoms with van der Waals surface area (Å²) in [6, 6.07) is 1.98. The summed E-state index contributed by atoms with van der Waals surface area (Å²) in [5.41, 5.74) is 11.5. The minimum absolute atomic E-state index is 0.0488. The third-order valence-electron chi connectivity index (χ3n) is 6.46. The Morgan fingerprint density at radius 1 is 1.22 bits per heavy atom. The molecule has 1 aliphatic heterocycles. The maximum Gasteiger partial charge on any atom is 0.254 e. The molecule has 0 bridgehead atoms. The number of aliphatic hydroxyl groups is 1. The molecule has 37 heavy (non-hydrogen) atoms. The predicted octanol–water partition coefficient (Wildman–Crippen LogP) is 7.68. The molecule has 0 saturated carbocycles. The molecule has 2 heterocycles. The predicted molar refractivity (Wildman–Crippen MR) is 159 cm³/mol. The van der Waals surface area contributed by atoms with Crippen LogP contribution in [0.1, 0.15) is 98.4 Å². The van der Waals surface area contributed by atoms with E-state index in [9.17, 15) is 9.90 Å². The standard InChI is InChI=1S/C24H31FN2O2.2C3H8.C2H6/c1-6-17-15(4)21-12-27-23(19(21)10-22(25)16(5)20(17)11-26)9-13(2)18(24(27)29)8-7-14(3)28;2*1-3-2;1-2/h6,9-10,14-15,17,28H,1,7-8,11-12,26H2,2-5H3;2*3H2,1-2H3;1-2H3/b20-16-,22-10+;;;. The summed E-state index contributed by atoms with van der Waals surface area (Å²) in [4.78, 5) is 13.2. The molecule has 0 fully saturated rings. The number of aliphatic hydroxyl groups excluding tert-OH is 1. The molecule has 3 unspecified atom stereocenters. The van der Waals surface area contributed by atoms with E-state index in [1.165, 1.54) is 12.8 Å². The van der Waals surface area contributed by atoms with E-state index in [0.717, 1.165) is 33.5 Å². The highest BCUT2D eigenvalue weighted by Gasteiger charge is 2.33. The van der Waals surface area contributed by atoms with E-state index < -0.39 is 6.10 Å². The van der Waals surface area contributed by atoms with Crippen LogP contribution in [0, 0.1) is 18.8 Å². The molecule has 3 rings (SSSR count). The van der Waals surface area contributed by atoms with Crippen molar-refractivity contribution in [3.05, 3.63) is 74.5 Å². The molecular weight excluding hydrogens is 463 g/mol. The molecule has 0 spiro atoms. The van der Waals surface area contributed by atoms with Gasteiger partial charge in [0.1, 0.15) is 5.83 Å². The van der Waals surface area contributed by atoms with Gasteiger partial charge in [-0.15, -0.1) is 6.58 Å². The van der Waals surface area contributed by atoms with Crippen LogP contribution in [0.2, 0.25) is 0 Å². The van der Waals surface area contributed by atoms with Crippen molar-refractivity contribution in [2.45, 2.75) is 108 Å². The van der Waals surface area contributed by atoms with Crippen LogP contribution in [-0.4, -0.2) is 22.3 Å². The molecule has 210 valence electrons. The highest BCUT2D eigenvalue weighted by Crippen LogP contribution is 2.42. The van der Waals surface area contributed by atoms with E-state index in [4.69, 9.17) is 5.73 Å². The lowest BCUT2D eigenvalue weighted by Gasteiger charge is -2.28. The average Bonchev–Trinajstić information content (AvgIpc) is 3.21. The van der Waals surface area contributed by atoms with E-state index in [2.05, 4.69) is 41.2 Å². The fourth-order valence-corrected chi connectivity index (χ4v) is 4.62. The Balaban J connectivity index is 0.00000145. The van der Waals surface area contributed by atoms with Crippen molar-refractivity contribution in [3.63, 3.8) is 0 Å². The van der Waals surface area contributed by atoms with Crippen LogP contribution in [0.15, 0.2) is 52.1 Å². The van der Waals surface area contributed by atoms with Gasteiger partial charge in [-0.1, -0.05) is 67.4 Å². The number of hydrogen-bond donors (Lipinski definition) is 2. The summed E-state index contributed by atoms with van der Waals surface area (Å²) in [5, 5.41) is 9.62. The van der Waals surface area contributed by atoms with E-state index in [1.54, 1.807) is 24.5 Å². The van der Waals surface area contributed by atoms with E-state index in [1.807, 2.05) is 32.9 Å². The molecule has 4 nitrogen and oxygen atoms in total. The van der Waals surface area contributed by atoms with Crippen molar-refractivity contribution in [3.8, 4) is 0 Å². The van der Waals surface area contributed by atoms with Crippen LogP contribution in [0.25, 0.3) is 5.57 Å². The Kier molecular flexibility index (Phi) is 16.3. The first-order valence-corrected chi connectivity index (χ1v) is 14.1. The molecular formula is C32H53FN2O2. The molecule has 5 heteroatoms. The first-order chi connectivity index (χ1) is 17.5. The SMILES string of the molecule is C=CC1/C(CN)=C(C)\C(F)=C/C2=C(Cn3c2cc(C)c(CCC(C)O)c3=O)C1C.CC.CCC.CCC. The Morgan fingerprint density at radius 2 is 1.76 bits per heavy atom. The van der Waals surface area contributed by atoms with Crippen LogP contribution in [0.3, 0.4) is 0 Å². The zero-order valence-electron chi connectivity index (χ0n) is 25.2. The molecule has 0 amide bonds. The molecule has 0 saturated heterocycles. The quantitative estimate of drug-likeness (QED) is 0.394. The molecule has 1 aliphatic carbocycles. The summed E-state index contributed by atoms with van der Waals surface area (Å²) in [7, 11) is 0. The highest BCUT2D eigenvalue weighted by atomic mass is 19.1. The lowest BCUT2D eigenvalue weighted by atomic mass is 9.77.